The number of benzene rings is 1. The van der Waals surface area contributed by atoms with Crippen LogP contribution in [-0.4, -0.2) is 72.7 Å². The van der Waals surface area contributed by atoms with E-state index in [1.807, 2.05) is 55.4 Å². The summed E-state index contributed by atoms with van der Waals surface area (Å²) in [6, 6.07) is 4.17. The minimum atomic E-state index is -0.966. The average Bonchev–Trinajstić information content (AvgIpc) is 2.96. The summed E-state index contributed by atoms with van der Waals surface area (Å²) in [6.07, 6.45) is 1.15. The normalized spacial score (nSPS) is 12.8. The highest BCUT2D eigenvalue weighted by molar-refractivity contribution is 5.98. The number of anilines is 1. The number of rotatable bonds is 17. The lowest BCUT2D eigenvalue weighted by molar-refractivity contribution is -0.132. The Morgan fingerprint density at radius 1 is 0.894 bits per heavy atom. The molecule has 6 N–H and O–H groups in total. The molecule has 2 atom stereocenters. The van der Waals surface area contributed by atoms with Crippen LogP contribution in [-0.2, 0) is 30.5 Å². The van der Waals surface area contributed by atoms with Gasteiger partial charge >= 0.3 is 12.1 Å². The van der Waals surface area contributed by atoms with Gasteiger partial charge in [0.25, 0.3) is 0 Å². The molecule has 6 amide bonds. The molecular weight excluding hydrogens is 604 g/mol. The average molecular weight is 661 g/mol. The molecular formula is C34H56N6O7. The third kappa shape index (κ3) is 16.8. The SMILES string of the molecule is CC(C)[C@H](NC(=O)CCC(C)(C)C)C(=O)N[C@@H](CCCNC(N)=O)C(=O)Nc1ccc(COC(=O)N(C)CCC(=O)C(C)(C)C)cc1. The Bertz CT molecular complexity index is 1220. The van der Waals surface area contributed by atoms with E-state index >= 15 is 0 Å². The number of urea groups is 1. The molecule has 0 aromatic heterocycles. The van der Waals surface area contributed by atoms with Gasteiger partial charge in [-0.3, -0.25) is 19.2 Å². The van der Waals surface area contributed by atoms with Crippen molar-refractivity contribution in [3.05, 3.63) is 29.8 Å². The molecule has 13 heteroatoms. The van der Waals surface area contributed by atoms with Crippen LogP contribution >= 0.6 is 0 Å². The van der Waals surface area contributed by atoms with Crippen LogP contribution in [0.15, 0.2) is 24.3 Å². The number of ketones is 1. The van der Waals surface area contributed by atoms with Gasteiger partial charge in [0, 0.05) is 44.1 Å². The molecule has 1 rings (SSSR count). The molecule has 0 fully saturated rings. The Hall–Kier alpha value is -4.16. The summed E-state index contributed by atoms with van der Waals surface area (Å²) < 4.78 is 5.36. The van der Waals surface area contributed by atoms with Crippen molar-refractivity contribution in [2.45, 2.75) is 106 Å². The summed E-state index contributed by atoms with van der Waals surface area (Å²) >= 11 is 0. The number of amides is 6. The number of nitrogens with zero attached hydrogens (tertiary/aromatic N) is 1. The Kier molecular flexibility index (Phi) is 16.4. The van der Waals surface area contributed by atoms with Gasteiger partial charge in [-0.25, -0.2) is 9.59 Å². The van der Waals surface area contributed by atoms with Crippen molar-refractivity contribution in [1.82, 2.24) is 20.9 Å². The van der Waals surface area contributed by atoms with E-state index in [-0.39, 0.29) is 62.0 Å². The number of nitrogens with one attached hydrogen (secondary N) is 4. The van der Waals surface area contributed by atoms with Crippen LogP contribution in [0.25, 0.3) is 0 Å². The third-order valence-electron chi connectivity index (χ3n) is 7.38. The van der Waals surface area contributed by atoms with E-state index in [0.717, 1.165) is 0 Å². The van der Waals surface area contributed by atoms with Crippen molar-refractivity contribution in [2.24, 2.45) is 22.5 Å². The lowest BCUT2D eigenvalue weighted by atomic mass is 9.89. The van der Waals surface area contributed by atoms with Crippen LogP contribution < -0.4 is 27.0 Å². The van der Waals surface area contributed by atoms with Crippen LogP contribution in [0.3, 0.4) is 0 Å². The van der Waals surface area contributed by atoms with Crippen molar-refractivity contribution >= 4 is 41.3 Å². The molecule has 0 saturated heterocycles. The number of Topliss-reactive ketones (excluding diaryl/α,β-unsaturated/α-hetero) is 1. The molecule has 13 nitrogen and oxygen atoms in total. The predicted molar refractivity (Wildman–Crippen MR) is 181 cm³/mol. The lowest BCUT2D eigenvalue weighted by Gasteiger charge is -2.26. The first-order chi connectivity index (χ1) is 21.7. The molecule has 0 aliphatic carbocycles. The van der Waals surface area contributed by atoms with E-state index in [9.17, 15) is 28.8 Å². The van der Waals surface area contributed by atoms with E-state index in [0.29, 0.717) is 24.1 Å². The number of nitrogens with two attached hydrogens (primary N) is 1. The maximum absolute atomic E-state index is 13.3. The summed E-state index contributed by atoms with van der Waals surface area (Å²) in [5.74, 6) is -1.40. The highest BCUT2D eigenvalue weighted by Gasteiger charge is 2.29. The summed E-state index contributed by atoms with van der Waals surface area (Å²) in [7, 11) is 1.57. The lowest BCUT2D eigenvalue weighted by Crippen LogP contribution is -2.54. The molecule has 0 aliphatic rings. The minimum absolute atomic E-state index is 0.00573. The first kappa shape index (κ1) is 40.9. The molecule has 0 spiro atoms. The number of carbonyl (C=O) groups excluding carboxylic acids is 6. The van der Waals surface area contributed by atoms with E-state index in [1.165, 1.54) is 4.90 Å². The topological polar surface area (TPSA) is 189 Å². The van der Waals surface area contributed by atoms with Crippen LogP contribution in [0.1, 0.15) is 93.1 Å². The number of primary amides is 1. The number of ether oxygens (including phenoxy) is 1. The molecule has 1 aromatic rings. The summed E-state index contributed by atoms with van der Waals surface area (Å²) in [6.45, 7) is 15.7. The van der Waals surface area contributed by atoms with Gasteiger partial charge in [0.05, 0.1) is 0 Å². The fourth-order valence-corrected chi connectivity index (χ4v) is 4.22. The second-order valence-electron chi connectivity index (χ2n) is 14.4. The Labute approximate surface area is 279 Å². The van der Waals surface area contributed by atoms with Crippen molar-refractivity contribution in [3.63, 3.8) is 0 Å². The van der Waals surface area contributed by atoms with Gasteiger partial charge in [-0.05, 0) is 48.3 Å². The van der Waals surface area contributed by atoms with Gasteiger partial charge in [0.15, 0.2) is 0 Å². The van der Waals surface area contributed by atoms with Crippen LogP contribution in [0.5, 0.6) is 0 Å². The molecule has 1 aromatic carbocycles. The molecule has 0 saturated carbocycles. The number of carbonyl (C=O) groups is 6. The molecule has 0 unspecified atom stereocenters. The smallest absolute Gasteiger partial charge is 0.409 e. The highest BCUT2D eigenvalue weighted by Crippen LogP contribution is 2.21. The van der Waals surface area contributed by atoms with Crippen molar-refractivity contribution < 1.29 is 33.5 Å². The summed E-state index contributed by atoms with van der Waals surface area (Å²) in [5.41, 5.74) is 5.76. The predicted octanol–water partition coefficient (Wildman–Crippen LogP) is 4.10. The third-order valence-corrected chi connectivity index (χ3v) is 7.38. The number of hydrogen-bond acceptors (Lipinski definition) is 7. The Balaban J connectivity index is 2.86. The zero-order valence-corrected chi connectivity index (χ0v) is 29.6. The van der Waals surface area contributed by atoms with Gasteiger partial charge in [-0.2, -0.15) is 0 Å². The van der Waals surface area contributed by atoms with Crippen LogP contribution in [0, 0.1) is 16.7 Å². The van der Waals surface area contributed by atoms with E-state index in [1.54, 1.807) is 31.3 Å². The van der Waals surface area contributed by atoms with Gasteiger partial charge in [-0.15, -0.1) is 0 Å². The monoisotopic (exact) mass is 660 g/mol. The van der Waals surface area contributed by atoms with Crippen LogP contribution in [0.4, 0.5) is 15.3 Å². The van der Waals surface area contributed by atoms with Gasteiger partial charge in [-0.1, -0.05) is 67.5 Å². The molecule has 264 valence electrons. The van der Waals surface area contributed by atoms with Crippen molar-refractivity contribution in [1.29, 1.82) is 0 Å². The first-order valence-corrected chi connectivity index (χ1v) is 16.1. The zero-order valence-electron chi connectivity index (χ0n) is 29.6. The van der Waals surface area contributed by atoms with Crippen LogP contribution in [0.2, 0.25) is 0 Å². The van der Waals surface area contributed by atoms with Gasteiger partial charge in [0.1, 0.15) is 24.5 Å². The molecule has 0 heterocycles. The van der Waals surface area contributed by atoms with E-state index in [4.69, 9.17) is 10.5 Å². The standard InChI is InChI=1S/C34H56N6O7/c1-22(2)28(39-27(42)16-18-33(3,4)5)30(44)38-25(11-10-19-36-31(35)45)29(43)37-24-14-12-23(13-15-24)21-47-32(46)40(9)20-17-26(41)34(6,7)8/h12-15,22,25,28H,10-11,16-21H2,1-9H3,(H,37,43)(H,38,44)(H,39,42)(H3,35,36,45)/t25-,28-/m0/s1. The summed E-state index contributed by atoms with van der Waals surface area (Å²) in [5, 5.41) is 10.8. The second-order valence-corrected chi connectivity index (χ2v) is 14.4. The van der Waals surface area contributed by atoms with E-state index < -0.39 is 41.4 Å². The highest BCUT2D eigenvalue weighted by atomic mass is 16.6. The molecule has 0 aliphatic heterocycles. The largest absolute Gasteiger partial charge is 0.445 e. The van der Waals surface area contributed by atoms with E-state index in [2.05, 4.69) is 21.3 Å². The first-order valence-electron chi connectivity index (χ1n) is 16.1. The van der Waals surface area contributed by atoms with Crippen molar-refractivity contribution in [2.75, 3.05) is 25.5 Å². The molecule has 0 bridgehead atoms. The van der Waals surface area contributed by atoms with Gasteiger partial charge < -0.3 is 36.6 Å². The fraction of sp³-hybridized carbons (Fsp3) is 0.647. The zero-order chi connectivity index (χ0) is 35.9. The summed E-state index contributed by atoms with van der Waals surface area (Å²) in [4.78, 5) is 76.2. The maximum atomic E-state index is 13.3. The number of hydrogen-bond donors (Lipinski definition) is 5. The van der Waals surface area contributed by atoms with Crippen molar-refractivity contribution in [3.8, 4) is 0 Å². The minimum Gasteiger partial charge on any atom is -0.445 e. The Morgan fingerprint density at radius 3 is 2.04 bits per heavy atom. The molecule has 0 radical (unpaired) electrons. The fourth-order valence-electron chi connectivity index (χ4n) is 4.22. The Morgan fingerprint density at radius 2 is 1.51 bits per heavy atom. The van der Waals surface area contributed by atoms with Gasteiger partial charge in [0.2, 0.25) is 17.7 Å². The molecule has 47 heavy (non-hydrogen) atoms. The quantitative estimate of drug-likeness (QED) is 0.156. The maximum Gasteiger partial charge on any atom is 0.409 e. The second kappa shape index (κ2) is 18.9.